The molecule has 1 amide bonds. The van der Waals surface area contributed by atoms with Crippen LogP contribution in [0.5, 0.6) is 5.75 Å². The molecule has 138 valence electrons. The Morgan fingerprint density at radius 3 is 2.23 bits per heavy atom. The number of amides is 1. The van der Waals surface area contributed by atoms with Gasteiger partial charge in [-0.2, -0.15) is 8.78 Å². The van der Waals surface area contributed by atoms with E-state index in [1.165, 1.54) is 18.2 Å². The third kappa shape index (κ3) is 5.88. The monoisotopic (exact) mass is 360 g/mol. The molecule has 4 nitrogen and oxygen atoms in total. The van der Waals surface area contributed by atoms with Crippen molar-refractivity contribution in [3.63, 3.8) is 0 Å². The normalized spacial score (nSPS) is 11.0. The molecule has 2 rings (SSSR count). The first-order valence-corrected chi connectivity index (χ1v) is 8.40. The van der Waals surface area contributed by atoms with Crippen molar-refractivity contribution in [2.75, 3.05) is 23.3 Å². The van der Waals surface area contributed by atoms with E-state index in [9.17, 15) is 13.6 Å². The summed E-state index contributed by atoms with van der Waals surface area (Å²) in [6.07, 6.45) is 2.99. The molecule has 0 atom stereocenters. The number of carbonyl (C=O) groups is 1. The third-order valence-electron chi connectivity index (χ3n) is 3.80. The fourth-order valence-corrected chi connectivity index (χ4v) is 2.46. The Labute approximate surface area is 152 Å². The van der Waals surface area contributed by atoms with Crippen LogP contribution in [0.4, 0.5) is 20.2 Å². The zero-order chi connectivity index (χ0) is 18.9. The lowest BCUT2D eigenvalue weighted by molar-refractivity contribution is -0.111. The topological polar surface area (TPSA) is 41.6 Å². The lowest BCUT2D eigenvalue weighted by Crippen LogP contribution is -2.21. The fraction of sp³-hybridized carbons (Fsp3) is 0.250. The van der Waals surface area contributed by atoms with Gasteiger partial charge >= 0.3 is 6.61 Å². The average Bonchev–Trinajstić information content (AvgIpc) is 2.63. The van der Waals surface area contributed by atoms with E-state index in [0.29, 0.717) is 11.3 Å². The van der Waals surface area contributed by atoms with Crippen LogP contribution < -0.4 is 15.0 Å². The maximum atomic E-state index is 12.1. The van der Waals surface area contributed by atoms with E-state index >= 15 is 0 Å². The number of nitrogens with one attached hydrogen (secondary N) is 1. The number of nitrogens with zero attached hydrogens (tertiary/aromatic N) is 1. The Morgan fingerprint density at radius 1 is 1.08 bits per heavy atom. The first-order valence-electron chi connectivity index (χ1n) is 8.40. The van der Waals surface area contributed by atoms with Gasteiger partial charge in [0.15, 0.2) is 0 Å². The van der Waals surface area contributed by atoms with Crippen LogP contribution in [0.15, 0.2) is 54.6 Å². The van der Waals surface area contributed by atoms with Crippen molar-refractivity contribution in [1.82, 2.24) is 0 Å². The van der Waals surface area contributed by atoms with Crippen molar-refractivity contribution in [3.05, 3.63) is 60.2 Å². The summed E-state index contributed by atoms with van der Waals surface area (Å²) in [5.74, 6) is -0.191. The van der Waals surface area contributed by atoms with Gasteiger partial charge in [0.2, 0.25) is 5.91 Å². The van der Waals surface area contributed by atoms with E-state index in [-0.39, 0.29) is 11.7 Å². The highest BCUT2D eigenvalue weighted by molar-refractivity contribution is 6.02. The minimum atomic E-state index is -2.85. The lowest BCUT2D eigenvalue weighted by atomic mass is 10.2. The van der Waals surface area contributed by atoms with Crippen LogP contribution in [0.25, 0.3) is 6.08 Å². The Balaban J connectivity index is 1.92. The van der Waals surface area contributed by atoms with Crippen LogP contribution in [0.1, 0.15) is 19.4 Å². The smallest absolute Gasteiger partial charge is 0.387 e. The van der Waals surface area contributed by atoms with E-state index in [0.717, 1.165) is 18.8 Å². The maximum Gasteiger partial charge on any atom is 0.387 e. The predicted molar refractivity (Wildman–Crippen MR) is 101 cm³/mol. The van der Waals surface area contributed by atoms with Gasteiger partial charge in [0.1, 0.15) is 5.75 Å². The summed E-state index contributed by atoms with van der Waals surface area (Å²) in [4.78, 5) is 14.2. The second-order valence-electron chi connectivity index (χ2n) is 5.49. The van der Waals surface area contributed by atoms with Crippen LogP contribution in [0.3, 0.4) is 0 Å². The summed E-state index contributed by atoms with van der Waals surface area (Å²) >= 11 is 0. The van der Waals surface area contributed by atoms with E-state index in [1.54, 1.807) is 18.2 Å². The quantitative estimate of drug-likeness (QED) is 0.689. The van der Waals surface area contributed by atoms with Gasteiger partial charge in [0.05, 0.1) is 0 Å². The van der Waals surface area contributed by atoms with Gasteiger partial charge in [-0.15, -0.1) is 0 Å². The molecule has 0 spiro atoms. The van der Waals surface area contributed by atoms with E-state index < -0.39 is 6.61 Å². The Bertz CT molecular complexity index is 724. The molecular weight excluding hydrogens is 338 g/mol. The number of rotatable bonds is 8. The first-order chi connectivity index (χ1) is 12.5. The van der Waals surface area contributed by atoms with Gasteiger partial charge in [-0.1, -0.05) is 12.1 Å². The number of halogens is 2. The second kappa shape index (κ2) is 9.56. The fourth-order valence-electron chi connectivity index (χ4n) is 2.46. The van der Waals surface area contributed by atoms with Gasteiger partial charge in [0.25, 0.3) is 0 Å². The summed E-state index contributed by atoms with van der Waals surface area (Å²) < 4.78 is 28.5. The van der Waals surface area contributed by atoms with Crippen molar-refractivity contribution < 1.29 is 18.3 Å². The number of anilines is 2. The van der Waals surface area contributed by atoms with Crippen molar-refractivity contribution in [2.24, 2.45) is 0 Å². The second-order valence-corrected chi connectivity index (χ2v) is 5.49. The predicted octanol–water partition coefficient (Wildman–Crippen LogP) is 4.79. The molecule has 6 heteroatoms. The summed E-state index contributed by atoms with van der Waals surface area (Å²) in [5, 5.41) is 2.78. The highest BCUT2D eigenvalue weighted by Gasteiger charge is 2.04. The molecule has 0 unspecified atom stereocenters. The molecule has 2 aromatic rings. The minimum absolute atomic E-state index is 0.0786. The molecule has 26 heavy (non-hydrogen) atoms. The zero-order valence-corrected chi connectivity index (χ0v) is 14.8. The molecule has 0 saturated heterocycles. The van der Waals surface area contributed by atoms with Gasteiger partial charge in [-0.05, 0) is 61.9 Å². The van der Waals surface area contributed by atoms with Crippen molar-refractivity contribution in [2.45, 2.75) is 20.5 Å². The zero-order valence-electron chi connectivity index (χ0n) is 14.8. The number of alkyl halides is 2. The molecule has 0 saturated carbocycles. The van der Waals surface area contributed by atoms with Crippen LogP contribution in [0.2, 0.25) is 0 Å². The van der Waals surface area contributed by atoms with Crippen molar-refractivity contribution in [3.8, 4) is 5.75 Å². The van der Waals surface area contributed by atoms with Crippen LogP contribution in [0, 0.1) is 0 Å². The molecule has 2 aromatic carbocycles. The van der Waals surface area contributed by atoms with Gasteiger partial charge in [-0.3, -0.25) is 4.79 Å². The number of hydrogen-bond acceptors (Lipinski definition) is 3. The van der Waals surface area contributed by atoms with Crippen molar-refractivity contribution >= 4 is 23.4 Å². The molecule has 0 bridgehead atoms. The third-order valence-corrected chi connectivity index (χ3v) is 3.80. The molecule has 0 heterocycles. The standard InChI is InChI=1S/C20H22F2N2O2/c1-3-24(4-2)17-10-8-16(9-11-17)23-19(25)14-7-15-5-12-18(13-6-15)26-20(21)22/h5-14,20H,3-4H2,1-2H3,(H,23,25)/b14-7+. The number of benzene rings is 2. The molecular formula is C20H22F2N2O2. The molecule has 0 fully saturated rings. The Kier molecular flexibility index (Phi) is 7.14. The first kappa shape index (κ1) is 19.4. The molecule has 0 radical (unpaired) electrons. The Hall–Kier alpha value is -2.89. The lowest BCUT2D eigenvalue weighted by Gasteiger charge is -2.21. The van der Waals surface area contributed by atoms with Crippen LogP contribution in [-0.4, -0.2) is 25.6 Å². The number of ether oxygens (including phenoxy) is 1. The van der Waals surface area contributed by atoms with Gasteiger partial charge in [0, 0.05) is 30.5 Å². The summed E-state index contributed by atoms with van der Waals surface area (Å²) in [7, 11) is 0. The van der Waals surface area contributed by atoms with Crippen molar-refractivity contribution in [1.29, 1.82) is 0 Å². The van der Waals surface area contributed by atoms with Crippen LogP contribution >= 0.6 is 0 Å². The van der Waals surface area contributed by atoms with Gasteiger partial charge < -0.3 is 15.0 Å². The maximum absolute atomic E-state index is 12.1. The molecule has 0 aromatic heterocycles. The summed E-state index contributed by atoms with van der Waals surface area (Å²) in [6, 6.07) is 13.7. The van der Waals surface area contributed by atoms with E-state index in [2.05, 4.69) is 28.8 Å². The number of hydrogen-bond donors (Lipinski definition) is 1. The minimum Gasteiger partial charge on any atom is -0.435 e. The average molecular weight is 360 g/mol. The highest BCUT2D eigenvalue weighted by Crippen LogP contribution is 2.18. The summed E-state index contributed by atoms with van der Waals surface area (Å²) in [5.41, 5.74) is 2.52. The summed E-state index contributed by atoms with van der Waals surface area (Å²) in [6.45, 7) is 3.18. The SMILES string of the molecule is CCN(CC)c1ccc(NC(=O)/C=C/c2ccc(OC(F)F)cc2)cc1. The Morgan fingerprint density at radius 2 is 1.69 bits per heavy atom. The van der Waals surface area contributed by atoms with Gasteiger partial charge in [-0.25, -0.2) is 0 Å². The van der Waals surface area contributed by atoms with Crippen LogP contribution in [-0.2, 0) is 4.79 Å². The molecule has 0 aliphatic rings. The molecule has 1 N–H and O–H groups in total. The van der Waals surface area contributed by atoms with E-state index in [4.69, 9.17) is 0 Å². The largest absolute Gasteiger partial charge is 0.435 e. The molecule has 0 aliphatic heterocycles. The number of carbonyl (C=O) groups excluding carboxylic acids is 1. The highest BCUT2D eigenvalue weighted by atomic mass is 19.3. The van der Waals surface area contributed by atoms with E-state index in [1.807, 2.05) is 24.3 Å². The molecule has 0 aliphatic carbocycles.